The third kappa shape index (κ3) is 4.38. The average molecular weight is 447 g/mol. The lowest BCUT2D eigenvalue weighted by Gasteiger charge is -2.26. The van der Waals surface area contributed by atoms with E-state index in [1.807, 2.05) is 62.4 Å². The number of amides is 1. The Hall–Kier alpha value is -3.54. The topological polar surface area (TPSA) is 82.6 Å². The number of benzene rings is 2. The highest BCUT2D eigenvalue weighted by Gasteiger charge is 2.46. The summed E-state index contributed by atoms with van der Waals surface area (Å²) in [5.74, 6) is -0.736. The van der Waals surface area contributed by atoms with Gasteiger partial charge in [-0.05, 0) is 44.0 Å². The Morgan fingerprint density at radius 3 is 2.67 bits per heavy atom. The Bertz CT molecular complexity index is 1210. The SMILES string of the molecule is CCCCCN1C(=O)C(=O)/C(=C(\O)c2c[nH]c3ccccc23)C1c1cccc(OC(C)C)c1. The largest absolute Gasteiger partial charge is 0.507 e. The van der Waals surface area contributed by atoms with Gasteiger partial charge in [0.05, 0.1) is 17.7 Å². The number of rotatable bonds is 8. The molecule has 1 aromatic heterocycles. The predicted octanol–water partition coefficient (Wildman–Crippen LogP) is 5.57. The maximum atomic E-state index is 13.2. The van der Waals surface area contributed by atoms with Gasteiger partial charge >= 0.3 is 0 Å². The number of ketones is 1. The number of unbranched alkanes of at least 4 members (excludes halogenated alkanes) is 2. The molecule has 1 aliphatic rings. The molecule has 6 heteroatoms. The Balaban J connectivity index is 1.85. The predicted molar refractivity (Wildman–Crippen MR) is 129 cm³/mol. The zero-order valence-electron chi connectivity index (χ0n) is 19.3. The molecule has 4 rings (SSSR count). The minimum absolute atomic E-state index is 0.0117. The highest BCUT2D eigenvalue weighted by Crippen LogP contribution is 2.41. The van der Waals surface area contributed by atoms with E-state index in [4.69, 9.17) is 4.74 Å². The molecule has 0 aliphatic carbocycles. The average Bonchev–Trinajstić information content (AvgIpc) is 3.33. The number of nitrogens with zero attached hydrogens (tertiary/aromatic N) is 1. The number of fused-ring (bicyclic) bond motifs is 1. The third-order valence-corrected chi connectivity index (χ3v) is 5.93. The summed E-state index contributed by atoms with van der Waals surface area (Å²) < 4.78 is 5.86. The van der Waals surface area contributed by atoms with Crippen LogP contribution in [-0.4, -0.2) is 39.3 Å². The van der Waals surface area contributed by atoms with Crippen LogP contribution < -0.4 is 4.74 Å². The van der Waals surface area contributed by atoms with Crippen LogP contribution in [0.5, 0.6) is 5.75 Å². The fourth-order valence-electron chi connectivity index (χ4n) is 4.43. The summed E-state index contributed by atoms with van der Waals surface area (Å²) >= 11 is 0. The number of nitrogens with one attached hydrogen (secondary N) is 1. The second-order valence-electron chi connectivity index (χ2n) is 8.69. The number of para-hydroxylation sites is 1. The van der Waals surface area contributed by atoms with Gasteiger partial charge in [-0.1, -0.05) is 50.1 Å². The molecule has 2 N–H and O–H groups in total. The molecule has 3 aromatic rings. The van der Waals surface area contributed by atoms with Crippen molar-refractivity contribution < 1.29 is 19.4 Å². The van der Waals surface area contributed by atoms with Crippen molar-refractivity contribution in [1.29, 1.82) is 0 Å². The van der Waals surface area contributed by atoms with Crippen LogP contribution in [0.25, 0.3) is 16.7 Å². The van der Waals surface area contributed by atoms with E-state index in [-0.39, 0.29) is 17.4 Å². The first-order valence-electron chi connectivity index (χ1n) is 11.5. The fourth-order valence-corrected chi connectivity index (χ4v) is 4.43. The molecule has 0 spiro atoms. The number of Topliss-reactive ketones (excluding diaryl/α,β-unsaturated/α-hetero) is 1. The zero-order valence-corrected chi connectivity index (χ0v) is 19.3. The van der Waals surface area contributed by atoms with Crippen molar-refractivity contribution >= 4 is 28.4 Å². The highest BCUT2D eigenvalue weighted by molar-refractivity contribution is 6.46. The standard InChI is InChI=1S/C27H30N2O4/c1-4-5-8-14-29-24(18-10-9-11-19(15-18)33-17(2)3)23(26(31)27(29)32)25(30)21-16-28-22-13-7-6-12-20(21)22/h6-7,9-13,15-17,24,28,30H,4-5,8,14H2,1-3H3/b25-23-. The molecule has 0 radical (unpaired) electrons. The highest BCUT2D eigenvalue weighted by atomic mass is 16.5. The van der Waals surface area contributed by atoms with Gasteiger partial charge in [-0.3, -0.25) is 9.59 Å². The molecule has 0 bridgehead atoms. The van der Waals surface area contributed by atoms with Gasteiger partial charge in [0.1, 0.15) is 11.5 Å². The monoisotopic (exact) mass is 446 g/mol. The summed E-state index contributed by atoms with van der Waals surface area (Å²) in [5.41, 5.74) is 2.21. The van der Waals surface area contributed by atoms with Crippen LogP contribution in [0.2, 0.25) is 0 Å². The number of carbonyl (C=O) groups is 2. The minimum atomic E-state index is -0.675. The van der Waals surface area contributed by atoms with Gasteiger partial charge in [-0.2, -0.15) is 0 Å². The molecule has 172 valence electrons. The molecule has 6 nitrogen and oxygen atoms in total. The number of carbonyl (C=O) groups excluding carboxylic acids is 2. The Kier molecular flexibility index (Phi) is 6.54. The van der Waals surface area contributed by atoms with Crippen molar-refractivity contribution in [2.75, 3.05) is 6.54 Å². The molecule has 1 saturated heterocycles. The van der Waals surface area contributed by atoms with Crippen molar-refractivity contribution in [2.24, 2.45) is 0 Å². The van der Waals surface area contributed by atoms with Crippen LogP contribution in [0.4, 0.5) is 0 Å². The summed E-state index contributed by atoms with van der Waals surface area (Å²) in [4.78, 5) is 31.0. The van der Waals surface area contributed by atoms with Gasteiger partial charge in [-0.15, -0.1) is 0 Å². The Morgan fingerprint density at radius 1 is 1.12 bits per heavy atom. The van der Waals surface area contributed by atoms with Crippen molar-refractivity contribution in [3.05, 3.63) is 71.4 Å². The number of aliphatic hydroxyl groups excluding tert-OH is 1. The number of H-pyrrole nitrogens is 1. The van der Waals surface area contributed by atoms with E-state index >= 15 is 0 Å². The summed E-state index contributed by atoms with van der Waals surface area (Å²) in [7, 11) is 0. The van der Waals surface area contributed by atoms with E-state index in [1.54, 1.807) is 11.1 Å². The van der Waals surface area contributed by atoms with E-state index < -0.39 is 17.7 Å². The molecular formula is C27H30N2O4. The Labute approximate surface area is 193 Å². The molecule has 1 amide bonds. The summed E-state index contributed by atoms with van der Waals surface area (Å²) in [5, 5.41) is 12.2. The quantitative estimate of drug-likeness (QED) is 0.205. The van der Waals surface area contributed by atoms with Crippen LogP contribution in [-0.2, 0) is 9.59 Å². The van der Waals surface area contributed by atoms with Crippen LogP contribution in [0.1, 0.15) is 57.2 Å². The van der Waals surface area contributed by atoms with E-state index in [2.05, 4.69) is 11.9 Å². The normalized spacial score (nSPS) is 17.9. The lowest BCUT2D eigenvalue weighted by molar-refractivity contribution is -0.139. The maximum Gasteiger partial charge on any atom is 0.295 e. The van der Waals surface area contributed by atoms with Gasteiger partial charge in [-0.25, -0.2) is 0 Å². The van der Waals surface area contributed by atoms with Crippen molar-refractivity contribution in [1.82, 2.24) is 9.88 Å². The van der Waals surface area contributed by atoms with Crippen LogP contribution in [0, 0.1) is 0 Å². The molecule has 33 heavy (non-hydrogen) atoms. The lowest BCUT2D eigenvalue weighted by Crippen LogP contribution is -2.30. The number of aromatic amines is 1. The molecule has 1 atom stereocenters. The van der Waals surface area contributed by atoms with Gasteiger partial charge in [0.15, 0.2) is 0 Å². The van der Waals surface area contributed by atoms with E-state index in [0.29, 0.717) is 17.9 Å². The summed E-state index contributed by atoms with van der Waals surface area (Å²) in [6, 6.07) is 14.3. The van der Waals surface area contributed by atoms with Gasteiger partial charge in [0.25, 0.3) is 11.7 Å². The second kappa shape index (κ2) is 9.53. The molecule has 1 fully saturated rings. The number of hydrogen-bond donors (Lipinski definition) is 2. The third-order valence-electron chi connectivity index (χ3n) is 5.93. The molecular weight excluding hydrogens is 416 g/mol. The van der Waals surface area contributed by atoms with Crippen molar-refractivity contribution in [3.8, 4) is 5.75 Å². The molecule has 1 unspecified atom stereocenters. The fraction of sp³-hybridized carbons (Fsp3) is 0.333. The summed E-state index contributed by atoms with van der Waals surface area (Å²) in [6.07, 6.45) is 4.41. The van der Waals surface area contributed by atoms with Gasteiger partial charge in [0, 0.05) is 29.2 Å². The van der Waals surface area contributed by atoms with Crippen LogP contribution in [0.15, 0.2) is 60.3 Å². The van der Waals surface area contributed by atoms with E-state index in [1.165, 1.54) is 0 Å². The maximum absolute atomic E-state index is 13.2. The molecule has 1 aliphatic heterocycles. The van der Waals surface area contributed by atoms with Gasteiger partial charge < -0.3 is 19.7 Å². The first kappa shape index (κ1) is 22.6. The Morgan fingerprint density at radius 2 is 1.91 bits per heavy atom. The van der Waals surface area contributed by atoms with Crippen molar-refractivity contribution in [2.45, 2.75) is 52.2 Å². The number of ether oxygens (including phenoxy) is 1. The second-order valence-corrected chi connectivity index (χ2v) is 8.69. The summed E-state index contributed by atoms with van der Waals surface area (Å²) in [6.45, 7) is 6.43. The van der Waals surface area contributed by atoms with Gasteiger partial charge in [0.2, 0.25) is 0 Å². The zero-order chi connectivity index (χ0) is 23.5. The number of likely N-dealkylation sites (tertiary alicyclic amines) is 1. The number of hydrogen-bond acceptors (Lipinski definition) is 4. The van der Waals surface area contributed by atoms with Crippen LogP contribution in [0.3, 0.4) is 0 Å². The minimum Gasteiger partial charge on any atom is -0.507 e. The lowest BCUT2D eigenvalue weighted by atomic mass is 9.95. The molecule has 2 heterocycles. The molecule has 2 aromatic carbocycles. The first-order chi connectivity index (χ1) is 15.9. The smallest absolute Gasteiger partial charge is 0.295 e. The number of aliphatic hydroxyl groups is 1. The van der Waals surface area contributed by atoms with E-state index in [9.17, 15) is 14.7 Å². The van der Waals surface area contributed by atoms with Crippen LogP contribution >= 0.6 is 0 Å². The molecule has 0 saturated carbocycles. The number of aromatic nitrogens is 1. The van der Waals surface area contributed by atoms with Crippen molar-refractivity contribution in [3.63, 3.8) is 0 Å². The first-order valence-corrected chi connectivity index (χ1v) is 11.5. The van der Waals surface area contributed by atoms with E-state index in [0.717, 1.165) is 35.7 Å².